The van der Waals surface area contributed by atoms with E-state index in [1.807, 2.05) is 36.4 Å². The molecule has 0 amide bonds. The zero-order chi connectivity index (χ0) is 13.9. The van der Waals surface area contributed by atoms with E-state index >= 15 is 0 Å². The average Bonchev–Trinajstić information content (AvgIpc) is 2.48. The second-order valence-electron chi connectivity index (χ2n) is 4.47. The normalized spacial score (nSPS) is 10.7. The minimum Gasteiger partial charge on any atom is -0.377 e. The van der Waals surface area contributed by atoms with Gasteiger partial charge in [-0.2, -0.15) is 0 Å². The predicted molar refractivity (Wildman–Crippen MR) is 75.4 cm³/mol. The van der Waals surface area contributed by atoms with Crippen LogP contribution in [0.15, 0.2) is 54.6 Å². The van der Waals surface area contributed by atoms with Gasteiger partial charge in [-0.15, -0.1) is 0 Å². The van der Waals surface area contributed by atoms with Gasteiger partial charge >= 0.3 is 0 Å². The van der Waals surface area contributed by atoms with E-state index in [-0.39, 0.29) is 5.69 Å². The number of halogens is 2. The first-order valence-electron chi connectivity index (χ1n) is 6.26. The Morgan fingerprint density at radius 1 is 0.950 bits per heavy atom. The Hall–Kier alpha value is -2.49. The van der Waals surface area contributed by atoms with Crippen molar-refractivity contribution >= 4 is 16.6 Å². The number of nitrogens with one attached hydrogen (secondary N) is 1. The molecule has 2 aromatic carbocycles. The van der Waals surface area contributed by atoms with Crippen molar-refractivity contribution in [2.75, 3.05) is 5.32 Å². The molecule has 1 aromatic heterocycles. The third kappa shape index (κ3) is 2.59. The summed E-state index contributed by atoms with van der Waals surface area (Å²) in [7, 11) is 0. The van der Waals surface area contributed by atoms with E-state index in [0.29, 0.717) is 6.54 Å². The molecule has 3 aromatic rings. The van der Waals surface area contributed by atoms with E-state index in [2.05, 4.69) is 10.3 Å². The lowest BCUT2D eigenvalue weighted by Gasteiger charge is -2.08. The molecule has 1 N–H and O–H groups in total. The van der Waals surface area contributed by atoms with Gasteiger partial charge in [0.15, 0.2) is 0 Å². The summed E-state index contributed by atoms with van der Waals surface area (Å²) in [5.41, 5.74) is 1.79. The highest BCUT2D eigenvalue weighted by atomic mass is 19.1. The van der Waals surface area contributed by atoms with E-state index in [1.54, 1.807) is 0 Å². The largest absolute Gasteiger partial charge is 0.377 e. The van der Waals surface area contributed by atoms with Gasteiger partial charge in [0.25, 0.3) is 0 Å². The fourth-order valence-electron chi connectivity index (χ4n) is 2.03. The number of nitrogens with zero attached hydrogens (tertiary/aromatic N) is 1. The molecule has 2 nitrogen and oxygen atoms in total. The maximum atomic E-state index is 13.5. The first kappa shape index (κ1) is 12.5. The fraction of sp³-hybridized carbons (Fsp3) is 0.0625. The molecule has 0 spiro atoms. The molecule has 1 heterocycles. The fourth-order valence-corrected chi connectivity index (χ4v) is 2.03. The molecular weight excluding hydrogens is 258 g/mol. The Labute approximate surface area is 115 Å². The van der Waals surface area contributed by atoms with Crippen molar-refractivity contribution in [3.8, 4) is 0 Å². The number of aromatic nitrogens is 1. The van der Waals surface area contributed by atoms with Crippen LogP contribution in [-0.4, -0.2) is 4.98 Å². The van der Waals surface area contributed by atoms with Crippen LogP contribution in [0.3, 0.4) is 0 Å². The first-order chi connectivity index (χ1) is 9.72. The Balaban J connectivity index is 1.81. The van der Waals surface area contributed by atoms with E-state index in [1.165, 1.54) is 0 Å². The third-order valence-electron chi connectivity index (χ3n) is 3.04. The van der Waals surface area contributed by atoms with Gasteiger partial charge in [-0.3, -0.25) is 4.98 Å². The maximum absolute atomic E-state index is 13.5. The molecule has 0 atom stereocenters. The SMILES string of the molecule is Fc1ccc(F)c(NCc2ccc3ccccc3n2)c1. The maximum Gasteiger partial charge on any atom is 0.146 e. The van der Waals surface area contributed by atoms with Crippen molar-refractivity contribution in [1.29, 1.82) is 0 Å². The van der Waals surface area contributed by atoms with Crippen LogP contribution >= 0.6 is 0 Å². The van der Waals surface area contributed by atoms with Gasteiger partial charge in [-0.05, 0) is 30.3 Å². The second kappa shape index (κ2) is 5.25. The molecule has 0 saturated heterocycles. The molecule has 0 saturated carbocycles. The molecule has 0 bridgehead atoms. The number of hydrogen-bond acceptors (Lipinski definition) is 2. The molecule has 20 heavy (non-hydrogen) atoms. The van der Waals surface area contributed by atoms with Crippen LogP contribution in [0.25, 0.3) is 10.9 Å². The Bertz CT molecular complexity index is 756. The lowest BCUT2D eigenvalue weighted by Crippen LogP contribution is -2.03. The molecule has 0 unspecified atom stereocenters. The lowest BCUT2D eigenvalue weighted by molar-refractivity contribution is 0.602. The van der Waals surface area contributed by atoms with Crippen molar-refractivity contribution in [3.05, 3.63) is 71.9 Å². The smallest absolute Gasteiger partial charge is 0.146 e. The van der Waals surface area contributed by atoms with Gasteiger partial charge in [-0.1, -0.05) is 24.3 Å². The second-order valence-corrected chi connectivity index (χ2v) is 4.47. The molecule has 0 radical (unpaired) electrons. The number of rotatable bonds is 3. The molecule has 4 heteroatoms. The average molecular weight is 270 g/mol. The summed E-state index contributed by atoms with van der Waals surface area (Å²) >= 11 is 0. The summed E-state index contributed by atoms with van der Waals surface area (Å²) in [6, 6.07) is 14.9. The summed E-state index contributed by atoms with van der Waals surface area (Å²) in [5.74, 6) is -0.951. The van der Waals surface area contributed by atoms with Crippen molar-refractivity contribution in [3.63, 3.8) is 0 Å². The van der Waals surface area contributed by atoms with Gasteiger partial charge in [0.1, 0.15) is 11.6 Å². The zero-order valence-electron chi connectivity index (χ0n) is 10.6. The first-order valence-corrected chi connectivity index (χ1v) is 6.26. The number of anilines is 1. The molecule has 0 aliphatic carbocycles. The number of pyridine rings is 1. The van der Waals surface area contributed by atoms with Crippen molar-refractivity contribution in [2.45, 2.75) is 6.54 Å². The molecule has 0 aliphatic rings. The van der Waals surface area contributed by atoms with Crippen LogP contribution in [-0.2, 0) is 6.54 Å². The van der Waals surface area contributed by atoms with E-state index in [0.717, 1.165) is 34.8 Å². The van der Waals surface area contributed by atoms with Crippen LogP contribution in [0.1, 0.15) is 5.69 Å². The zero-order valence-corrected chi connectivity index (χ0v) is 10.6. The van der Waals surface area contributed by atoms with Crippen molar-refractivity contribution in [1.82, 2.24) is 4.98 Å². The monoisotopic (exact) mass is 270 g/mol. The summed E-state index contributed by atoms with van der Waals surface area (Å²) in [6.45, 7) is 0.338. The summed E-state index contributed by atoms with van der Waals surface area (Å²) in [6.07, 6.45) is 0. The highest BCUT2D eigenvalue weighted by molar-refractivity contribution is 5.78. The predicted octanol–water partition coefficient (Wildman–Crippen LogP) is 4.13. The topological polar surface area (TPSA) is 24.9 Å². The highest BCUT2D eigenvalue weighted by Gasteiger charge is 2.04. The van der Waals surface area contributed by atoms with Crippen molar-refractivity contribution in [2.24, 2.45) is 0 Å². The Morgan fingerprint density at radius 2 is 1.80 bits per heavy atom. The van der Waals surface area contributed by atoms with Gasteiger partial charge in [0, 0.05) is 5.39 Å². The van der Waals surface area contributed by atoms with Crippen LogP contribution < -0.4 is 5.32 Å². The Kier molecular flexibility index (Phi) is 3.29. The summed E-state index contributed by atoms with van der Waals surface area (Å²) < 4.78 is 26.5. The third-order valence-corrected chi connectivity index (χ3v) is 3.04. The molecule has 3 rings (SSSR count). The number of fused-ring (bicyclic) bond motifs is 1. The van der Waals surface area contributed by atoms with E-state index in [9.17, 15) is 8.78 Å². The van der Waals surface area contributed by atoms with E-state index in [4.69, 9.17) is 0 Å². The number of para-hydroxylation sites is 1. The summed E-state index contributed by atoms with van der Waals surface area (Å²) in [4.78, 5) is 4.46. The minimum atomic E-state index is -0.479. The van der Waals surface area contributed by atoms with Gasteiger partial charge in [0.2, 0.25) is 0 Å². The summed E-state index contributed by atoms with van der Waals surface area (Å²) in [5, 5.41) is 3.91. The van der Waals surface area contributed by atoms with Crippen LogP contribution in [0.2, 0.25) is 0 Å². The Morgan fingerprint density at radius 3 is 2.70 bits per heavy atom. The quantitative estimate of drug-likeness (QED) is 0.774. The van der Waals surface area contributed by atoms with Crippen LogP contribution in [0.5, 0.6) is 0 Å². The van der Waals surface area contributed by atoms with E-state index < -0.39 is 11.6 Å². The number of benzene rings is 2. The molecular formula is C16H12F2N2. The number of hydrogen-bond donors (Lipinski definition) is 1. The molecule has 0 fully saturated rings. The van der Waals surface area contributed by atoms with Gasteiger partial charge in [-0.25, -0.2) is 8.78 Å². The highest BCUT2D eigenvalue weighted by Crippen LogP contribution is 2.17. The standard InChI is InChI=1S/C16H12F2N2/c17-12-6-8-14(18)16(9-12)19-10-13-7-5-11-3-1-2-4-15(11)20-13/h1-9,19H,10H2. The molecule has 100 valence electrons. The van der Waals surface area contributed by atoms with Gasteiger partial charge < -0.3 is 5.32 Å². The van der Waals surface area contributed by atoms with Crippen LogP contribution in [0, 0.1) is 11.6 Å². The van der Waals surface area contributed by atoms with Crippen molar-refractivity contribution < 1.29 is 8.78 Å². The van der Waals surface area contributed by atoms with Crippen LogP contribution in [0.4, 0.5) is 14.5 Å². The minimum absolute atomic E-state index is 0.139. The molecule has 0 aliphatic heterocycles. The van der Waals surface area contributed by atoms with Gasteiger partial charge in [0.05, 0.1) is 23.4 Å². The lowest BCUT2D eigenvalue weighted by atomic mass is 10.2.